The Balaban J connectivity index is 2.15. The van der Waals surface area contributed by atoms with Crippen molar-refractivity contribution in [1.29, 1.82) is 0 Å². The Labute approximate surface area is 119 Å². The normalized spacial score (nSPS) is 26.4. The SMILES string of the molecule is CCNC(=O)C1COCCN1S(=O)(=O)N1CCNCC1. The van der Waals surface area contributed by atoms with Gasteiger partial charge in [-0.3, -0.25) is 4.79 Å². The maximum atomic E-state index is 12.6. The zero-order valence-corrected chi connectivity index (χ0v) is 12.5. The van der Waals surface area contributed by atoms with E-state index in [-0.39, 0.29) is 19.1 Å². The van der Waals surface area contributed by atoms with Crippen molar-refractivity contribution in [3.8, 4) is 0 Å². The van der Waals surface area contributed by atoms with Gasteiger partial charge in [-0.05, 0) is 6.92 Å². The smallest absolute Gasteiger partial charge is 0.282 e. The summed E-state index contributed by atoms with van der Waals surface area (Å²) >= 11 is 0. The molecule has 8 nitrogen and oxygen atoms in total. The van der Waals surface area contributed by atoms with Crippen LogP contribution in [0.2, 0.25) is 0 Å². The van der Waals surface area contributed by atoms with E-state index in [2.05, 4.69) is 10.6 Å². The number of carbonyl (C=O) groups excluding carboxylic acids is 1. The molecule has 0 aromatic carbocycles. The van der Waals surface area contributed by atoms with Crippen LogP contribution in [0.1, 0.15) is 6.92 Å². The lowest BCUT2D eigenvalue weighted by Gasteiger charge is -2.38. The van der Waals surface area contributed by atoms with E-state index in [4.69, 9.17) is 4.74 Å². The van der Waals surface area contributed by atoms with Gasteiger partial charge in [0.15, 0.2) is 0 Å². The molecule has 0 bridgehead atoms. The van der Waals surface area contributed by atoms with Crippen molar-refractivity contribution in [1.82, 2.24) is 19.2 Å². The standard InChI is InChI=1S/C11H22N4O4S/c1-2-13-11(16)10-9-19-8-7-15(10)20(17,18)14-5-3-12-4-6-14/h10,12H,2-9H2,1H3,(H,13,16). The first-order valence-corrected chi connectivity index (χ1v) is 8.30. The minimum atomic E-state index is -3.61. The second kappa shape index (κ2) is 6.81. The average molecular weight is 306 g/mol. The molecule has 20 heavy (non-hydrogen) atoms. The molecule has 2 aliphatic heterocycles. The number of nitrogens with zero attached hydrogens (tertiary/aromatic N) is 2. The molecule has 2 rings (SSSR count). The third-order valence-electron chi connectivity index (χ3n) is 3.43. The van der Waals surface area contributed by atoms with E-state index < -0.39 is 16.3 Å². The van der Waals surface area contributed by atoms with Crippen molar-refractivity contribution >= 4 is 16.1 Å². The Morgan fingerprint density at radius 1 is 1.35 bits per heavy atom. The van der Waals surface area contributed by atoms with Gasteiger partial charge in [-0.2, -0.15) is 17.0 Å². The predicted molar refractivity (Wildman–Crippen MR) is 73.4 cm³/mol. The predicted octanol–water partition coefficient (Wildman–Crippen LogP) is -2.03. The number of hydrogen-bond donors (Lipinski definition) is 2. The number of nitrogens with one attached hydrogen (secondary N) is 2. The van der Waals surface area contributed by atoms with Gasteiger partial charge in [0.1, 0.15) is 6.04 Å². The molecule has 0 aliphatic carbocycles. The molecule has 0 spiro atoms. The lowest BCUT2D eigenvalue weighted by molar-refractivity contribution is -0.129. The zero-order valence-electron chi connectivity index (χ0n) is 11.7. The van der Waals surface area contributed by atoms with E-state index in [0.717, 1.165) is 0 Å². The Hall–Kier alpha value is -0.740. The monoisotopic (exact) mass is 306 g/mol. The highest BCUT2D eigenvalue weighted by atomic mass is 32.2. The topological polar surface area (TPSA) is 91.0 Å². The number of morpholine rings is 1. The van der Waals surface area contributed by atoms with Gasteiger partial charge >= 0.3 is 0 Å². The summed E-state index contributed by atoms with van der Waals surface area (Å²) in [6, 6.07) is -0.774. The first-order valence-electron chi connectivity index (χ1n) is 6.90. The molecule has 2 N–H and O–H groups in total. The summed E-state index contributed by atoms with van der Waals surface area (Å²) < 4.78 is 33.3. The Bertz CT molecular complexity index is 436. The molecule has 0 aromatic rings. The van der Waals surface area contributed by atoms with Crippen LogP contribution in [-0.4, -0.2) is 81.5 Å². The van der Waals surface area contributed by atoms with E-state index >= 15 is 0 Å². The van der Waals surface area contributed by atoms with E-state index in [0.29, 0.717) is 39.3 Å². The Morgan fingerprint density at radius 2 is 2.05 bits per heavy atom. The van der Waals surface area contributed by atoms with Crippen molar-refractivity contribution in [2.24, 2.45) is 0 Å². The van der Waals surface area contributed by atoms with Crippen LogP contribution in [0.3, 0.4) is 0 Å². The molecule has 9 heteroatoms. The van der Waals surface area contributed by atoms with E-state index in [1.165, 1.54) is 8.61 Å². The second-order valence-corrected chi connectivity index (χ2v) is 6.63. The van der Waals surface area contributed by atoms with Crippen molar-refractivity contribution in [3.05, 3.63) is 0 Å². The molecule has 2 heterocycles. The van der Waals surface area contributed by atoms with Crippen molar-refractivity contribution in [2.45, 2.75) is 13.0 Å². The van der Waals surface area contributed by atoms with Gasteiger partial charge in [-0.25, -0.2) is 0 Å². The highest BCUT2D eigenvalue weighted by Crippen LogP contribution is 2.17. The molecule has 2 fully saturated rings. The highest BCUT2D eigenvalue weighted by molar-refractivity contribution is 7.86. The fraction of sp³-hybridized carbons (Fsp3) is 0.909. The van der Waals surface area contributed by atoms with Crippen LogP contribution in [0.25, 0.3) is 0 Å². The van der Waals surface area contributed by atoms with Crippen LogP contribution in [0.5, 0.6) is 0 Å². The summed E-state index contributed by atoms with van der Waals surface area (Å²) in [5.74, 6) is -0.300. The lowest BCUT2D eigenvalue weighted by atomic mass is 10.2. The van der Waals surface area contributed by atoms with Gasteiger partial charge in [0, 0.05) is 39.3 Å². The summed E-state index contributed by atoms with van der Waals surface area (Å²) in [5, 5.41) is 5.78. The molecule has 0 aromatic heterocycles. The summed E-state index contributed by atoms with van der Waals surface area (Å²) in [4.78, 5) is 12.0. The maximum absolute atomic E-state index is 12.6. The van der Waals surface area contributed by atoms with E-state index in [9.17, 15) is 13.2 Å². The minimum absolute atomic E-state index is 0.108. The highest BCUT2D eigenvalue weighted by Gasteiger charge is 2.40. The summed E-state index contributed by atoms with van der Waals surface area (Å²) in [6.45, 7) is 5.05. The number of carbonyl (C=O) groups is 1. The molecule has 0 saturated carbocycles. The number of piperazine rings is 1. The molecule has 0 radical (unpaired) electrons. The van der Waals surface area contributed by atoms with E-state index in [1.54, 1.807) is 6.92 Å². The van der Waals surface area contributed by atoms with Crippen LogP contribution in [0.15, 0.2) is 0 Å². The number of likely N-dealkylation sites (N-methyl/N-ethyl adjacent to an activating group) is 1. The fourth-order valence-corrected chi connectivity index (χ4v) is 4.11. The molecule has 1 atom stereocenters. The van der Waals surface area contributed by atoms with Crippen LogP contribution < -0.4 is 10.6 Å². The van der Waals surface area contributed by atoms with Crippen molar-refractivity contribution in [2.75, 3.05) is 52.5 Å². The molecular formula is C11H22N4O4S. The third kappa shape index (κ3) is 3.29. The van der Waals surface area contributed by atoms with Crippen molar-refractivity contribution in [3.63, 3.8) is 0 Å². The van der Waals surface area contributed by atoms with Gasteiger partial charge in [0.05, 0.1) is 13.2 Å². The molecule has 1 unspecified atom stereocenters. The molecule has 116 valence electrons. The zero-order chi connectivity index (χ0) is 14.6. The lowest BCUT2D eigenvalue weighted by Crippen LogP contribution is -2.60. The maximum Gasteiger partial charge on any atom is 0.282 e. The minimum Gasteiger partial charge on any atom is -0.378 e. The number of amides is 1. The first kappa shape index (κ1) is 15.6. The average Bonchev–Trinajstić information content (AvgIpc) is 2.48. The van der Waals surface area contributed by atoms with Gasteiger partial charge in [0.2, 0.25) is 5.91 Å². The summed E-state index contributed by atoms with van der Waals surface area (Å²) in [7, 11) is -3.61. The third-order valence-corrected chi connectivity index (χ3v) is 5.48. The van der Waals surface area contributed by atoms with Crippen LogP contribution in [0, 0.1) is 0 Å². The molecule has 2 saturated heterocycles. The Kier molecular flexibility index (Phi) is 5.33. The number of ether oxygens (including phenoxy) is 1. The summed E-state index contributed by atoms with van der Waals surface area (Å²) in [6.07, 6.45) is 0. The van der Waals surface area contributed by atoms with Crippen LogP contribution in [-0.2, 0) is 19.7 Å². The molecule has 2 aliphatic rings. The van der Waals surface area contributed by atoms with Gasteiger partial charge in [0.25, 0.3) is 10.2 Å². The fourth-order valence-electron chi connectivity index (χ4n) is 2.39. The van der Waals surface area contributed by atoms with Crippen LogP contribution in [0.4, 0.5) is 0 Å². The quantitative estimate of drug-likeness (QED) is 0.625. The number of rotatable bonds is 4. The second-order valence-electron chi connectivity index (χ2n) is 4.75. The van der Waals surface area contributed by atoms with Gasteiger partial charge in [-0.15, -0.1) is 0 Å². The molecular weight excluding hydrogens is 284 g/mol. The van der Waals surface area contributed by atoms with E-state index in [1.807, 2.05) is 0 Å². The first-order chi connectivity index (χ1) is 9.57. The van der Waals surface area contributed by atoms with Crippen molar-refractivity contribution < 1.29 is 17.9 Å². The van der Waals surface area contributed by atoms with Gasteiger partial charge in [-0.1, -0.05) is 0 Å². The van der Waals surface area contributed by atoms with Gasteiger partial charge < -0.3 is 15.4 Å². The summed E-state index contributed by atoms with van der Waals surface area (Å²) in [5.41, 5.74) is 0. The number of hydrogen-bond acceptors (Lipinski definition) is 5. The largest absolute Gasteiger partial charge is 0.378 e. The molecule has 1 amide bonds. The Morgan fingerprint density at radius 3 is 2.70 bits per heavy atom. The van der Waals surface area contributed by atoms with Crippen LogP contribution >= 0.6 is 0 Å².